The molecule has 3 aromatic rings. The number of nitrogens with zero attached hydrogens (tertiary/aromatic N) is 1. The number of H-pyrrole nitrogens is 1. The molecule has 1 saturated heterocycles. The van der Waals surface area contributed by atoms with Crippen LogP contribution in [0.25, 0.3) is 10.9 Å². The van der Waals surface area contributed by atoms with Gasteiger partial charge in [-0.1, -0.05) is 41.9 Å². The van der Waals surface area contributed by atoms with Crippen LogP contribution in [-0.4, -0.2) is 41.3 Å². The first-order valence-corrected chi connectivity index (χ1v) is 10.5. The predicted octanol–water partition coefficient (Wildman–Crippen LogP) is 2.79. The van der Waals surface area contributed by atoms with Crippen LogP contribution in [0.2, 0.25) is 5.02 Å². The van der Waals surface area contributed by atoms with Gasteiger partial charge in [0.05, 0.1) is 10.7 Å². The molecule has 1 fully saturated rings. The summed E-state index contributed by atoms with van der Waals surface area (Å²) in [6.07, 6.45) is 2.62. The van der Waals surface area contributed by atoms with E-state index in [-0.39, 0.29) is 17.7 Å². The Morgan fingerprint density at radius 3 is 2.71 bits per heavy atom. The van der Waals surface area contributed by atoms with E-state index in [1.165, 1.54) is 6.92 Å². The fourth-order valence-electron chi connectivity index (χ4n) is 3.97. The molecule has 0 spiro atoms. The summed E-state index contributed by atoms with van der Waals surface area (Å²) >= 11 is 6.23. The number of hydrogen-bond donors (Lipinski definition) is 3. The number of aromatic amines is 1. The van der Waals surface area contributed by atoms with E-state index >= 15 is 0 Å². The van der Waals surface area contributed by atoms with Gasteiger partial charge in [0.25, 0.3) is 0 Å². The van der Waals surface area contributed by atoms with Gasteiger partial charge in [0, 0.05) is 37.0 Å². The molecule has 7 nitrogen and oxygen atoms in total. The van der Waals surface area contributed by atoms with Gasteiger partial charge < -0.3 is 20.5 Å². The van der Waals surface area contributed by atoms with E-state index in [9.17, 15) is 14.4 Å². The highest BCUT2D eigenvalue weighted by molar-refractivity contribution is 6.34. The van der Waals surface area contributed by atoms with Crippen LogP contribution < -0.4 is 15.5 Å². The lowest BCUT2D eigenvalue weighted by Crippen LogP contribution is -2.52. The Bertz CT molecular complexity index is 1140. The fraction of sp³-hybridized carbons (Fsp3) is 0.261. The van der Waals surface area contributed by atoms with Crippen LogP contribution in [-0.2, 0) is 20.8 Å². The number of nitrogens with one attached hydrogen (secondary N) is 3. The van der Waals surface area contributed by atoms with Crippen molar-refractivity contribution in [2.45, 2.75) is 31.8 Å². The average Bonchev–Trinajstić information content (AvgIpc) is 3.31. The van der Waals surface area contributed by atoms with E-state index < -0.39 is 12.1 Å². The molecule has 4 rings (SSSR count). The zero-order chi connectivity index (χ0) is 22.0. The van der Waals surface area contributed by atoms with Gasteiger partial charge in [0.2, 0.25) is 17.7 Å². The van der Waals surface area contributed by atoms with Gasteiger partial charge in [0.15, 0.2) is 0 Å². The first-order chi connectivity index (χ1) is 14.9. The number of carbonyl (C=O) groups is 3. The van der Waals surface area contributed by atoms with E-state index in [1.807, 2.05) is 36.5 Å². The Morgan fingerprint density at radius 1 is 1.19 bits per heavy atom. The third-order valence-corrected chi connectivity index (χ3v) is 5.78. The second kappa shape index (κ2) is 8.81. The van der Waals surface area contributed by atoms with Gasteiger partial charge in [-0.25, -0.2) is 0 Å². The van der Waals surface area contributed by atoms with Crippen molar-refractivity contribution in [2.24, 2.45) is 0 Å². The summed E-state index contributed by atoms with van der Waals surface area (Å²) in [5, 5.41) is 7.01. The molecular formula is C23H23ClN4O3. The number of amides is 3. The molecule has 2 heterocycles. The Morgan fingerprint density at radius 2 is 1.94 bits per heavy atom. The number of hydrogen-bond acceptors (Lipinski definition) is 3. The topological polar surface area (TPSA) is 94.3 Å². The molecular weight excluding hydrogens is 416 g/mol. The molecule has 160 valence electrons. The van der Waals surface area contributed by atoms with E-state index in [1.54, 1.807) is 23.1 Å². The summed E-state index contributed by atoms with van der Waals surface area (Å²) in [4.78, 5) is 42.4. The van der Waals surface area contributed by atoms with Crippen LogP contribution in [0, 0.1) is 0 Å². The molecule has 0 bridgehead atoms. The zero-order valence-corrected chi connectivity index (χ0v) is 17.8. The molecule has 3 amide bonds. The van der Waals surface area contributed by atoms with Crippen molar-refractivity contribution in [1.82, 2.24) is 15.6 Å². The van der Waals surface area contributed by atoms with Gasteiger partial charge in [0.1, 0.15) is 12.1 Å². The number of halogens is 1. The van der Waals surface area contributed by atoms with E-state index in [2.05, 4.69) is 15.6 Å². The Labute approximate surface area is 184 Å². The molecule has 31 heavy (non-hydrogen) atoms. The second-order valence-corrected chi connectivity index (χ2v) is 8.02. The Hall–Kier alpha value is -3.32. The number of benzene rings is 2. The molecule has 2 aromatic carbocycles. The van der Waals surface area contributed by atoms with Crippen LogP contribution in [0.4, 0.5) is 5.69 Å². The molecule has 1 aliphatic rings. The minimum Gasteiger partial charge on any atom is -0.361 e. The van der Waals surface area contributed by atoms with Crippen molar-refractivity contribution in [3.05, 3.63) is 65.3 Å². The summed E-state index contributed by atoms with van der Waals surface area (Å²) < 4.78 is 0. The number of carbonyl (C=O) groups excluding carboxylic acids is 3. The van der Waals surface area contributed by atoms with E-state index in [0.29, 0.717) is 30.1 Å². The van der Waals surface area contributed by atoms with Crippen molar-refractivity contribution in [2.75, 3.05) is 11.4 Å². The minimum absolute atomic E-state index is 0.213. The van der Waals surface area contributed by atoms with Gasteiger partial charge in [-0.15, -0.1) is 0 Å². The van der Waals surface area contributed by atoms with Crippen molar-refractivity contribution in [1.29, 1.82) is 0 Å². The molecule has 0 saturated carbocycles. The average molecular weight is 439 g/mol. The SMILES string of the molecule is CC(=O)NC(Cc1c[nH]c2ccccc12)C(=O)NC1CCN(c2ccccc2Cl)C1=O. The molecule has 8 heteroatoms. The van der Waals surface area contributed by atoms with E-state index in [4.69, 9.17) is 11.6 Å². The van der Waals surface area contributed by atoms with Crippen LogP contribution in [0.15, 0.2) is 54.7 Å². The second-order valence-electron chi connectivity index (χ2n) is 7.61. The summed E-state index contributed by atoms with van der Waals surface area (Å²) in [7, 11) is 0. The Balaban J connectivity index is 1.48. The summed E-state index contributed by atoms with van der Waals surface area (Å²) in [6, 6.07) is 13.4. The molecule has 1 aromatic heterocycles. The maximum Gasteiger partial charge on any atom is 0.249 e. The number of fused-ring (bicyclic) bond motifs is 1. The van der Waals surface area contributed by atoms with Crippen LogP contribution >= 0.6 is 11.6 Å². The van der Waals surface area contributed by atoms with Gasteiger partial charge in [-0.2, -0.15) is 0 Å². The third-order valence-electron chi connectivity index (χ3n) is 5.46. The molecule has 2 atom stereocenters. The van der Waals surface area contributed by atoms with Crippen LogP contribution in [0.3, 0.4) is 0 Å². The summed E-state index contributed by atoms with van der Waals surface area (Å²) in [6.45, 7) is 1.83. The lowest BCUT2D eigenvalue weighted by Gasteiger charge is -2.21. The highest BCUT2D eigenvalue weighted by atomic mass is 35.5. The number of para-hydroxylation sites is 2. The largest absolute Gasteiger partial charge is 0.361 e. The van der Waals surface area contributed by atoms with Crippen molar-refractivity contribution >= 4 is 45.9 Å². The van der Waals surface area contributed by atoms with Gasteiger partial charge >= 0.3 is 0 Å². The highest BCUT2D eigenvalue weighted by Gasteiger charge is 2.36. The number of aromatic nitrogens is 1. The van der Waals surface area contributed by atoms with Crippen LogP contribution in [0.1, 0.15) is 18.9 Å². The van der Waals surface area contributed by atoms with Gasteiger partial charge in [-0.3, -0.25) is 14.4 Å². The van der Waals surface area contributed by atoms with Crippen LogP contribution in [0.5, 0.6) is 0 Å². The Kier molecular flexibility index (Phi) is 5.95. The summed E-state index contributed by atoms with van der Waals surface area (Å²) in [5.74, 6) is -0.912. The van der Waals surface area contributed by atoms with Crippen molar-refractivity contribution in [3.8, 4) is 0 Å². The molecule has 1 aliphatic heterocycles. The smallest absolute Gasteiger partial charge is 0.249 e. The highest BCUT2D eigenvalue weighted by Crippen LogP contribution is 2.29. The third kappa shape index (κ3) is 4.41. The number of rotatable bonds is 6. The molecule has 3 N–H and O–H groups in total. The quantitative estimate of drug-likeness (QED) is 0.552. The zero-order valence-electron chi connectivity index (χ0n) is 17.0. The predicted molar refractivity (Wildman–Crippen MR) is 120 cm³/mol. The standard InChI is InChI=1S/C23H23ClN4O3/c1-14(29)26-20(12-15-13-25-18-8-4-2-6-16(15)18)22(30)27-19-10-11-28(23(19)31)21-9-5-3-7-17(21)24/h2-9,13,19-20,25H,10-12H2,1H3,(H,26,29)(H,27,30). The molecule has 2 unspecified atom stereocenters. The molecule has 0 aliphatic carbocycles. The van der Waals surface area contributed by atoms with Crippen molar-refractivity contribution in [3.63, 3.8) is 0 Å². The molecule has 0 radical (unpaired) electrons. The summed E-state index contributed by atoms with van der Waals surface area (Å²) in [5.41, 5.74) is 2.50. The number of anilines is 1. The van der Waals surface area contributed by atoms with Crippen molar-refractivity contribution < 1.29 is 14.4 Å². The maximum absolute atomic E-state index is 13.0. The maximum atomic E-state index is 13.0. The van der Waals surface area contributed by atoms with Gasteiger partial charge in [-0.05, 0) is 30.2 Å². The normalized spacial score (nSPS) is 17.0. The minimum atomic E-state index is -0.793. The lowest BCUT2D eigenvalue weighted by molar-refractivity contribution is -0.130. The lowest BCUT2D eigenvalue weighted by atomic mass is 10.0. The first-order valence-electron chi connectivity index (χ1n) is 10.1. The first kappa shape index (κ1) is 20.9. The fourth-order valence-corrected chi connectivity index (χ4v) is 4.21. The monoisotopic (exact) mass is 438 g/mol. The van der Waals surface area contributed by atoms with E-state index in [0.717, 1.165) is 16.5 Å².